The van der Waals surface area contributed by atoms with Gasteiger partial charge in [-0.25, -0.2) is 4.39 Å². The van der Waals surface area contributed by atoms with E-state index in [4.69, 9.17) is 4.74 Å². The van der Waals surface area contributed by atoms with Crippen LogP contribution in [0.2, 0.25) is 0 Å². The lowest BCUT2D eigenvalue weighted by molar-refractivity contribution is 0.240. The molecule has 0 radical (unpaired) electrons. The van der Waals surface area contributed by atoms with Crippen LogP contribution in [-0.4, -0.2) is 32.8 Å². The molecule has 4 heteroatoms. The van der Waals surface area contributed by atoms with Crippen LogP contribution in [0.1, 0.15) is 33.1 Å². The predicted octanol–water partition coefficient (Wildman–Crippen LogP) is 3.44. The molecule has 0 atom stereocenters. The zero-order valence-electron chi connectivity index (χ0n) is 13.2. The molecule has 1 aliphatic heterocycles. The van der Waals surface area contributed by atoms with Crippen LogP contribution in [0.5, 0.6) is 5.75 Å². The first kappa shape index (κ1) is 16.1. The molecule has 118 valence electrons. The summed E-state index contributed by atoms with van der Waals surface area (Å²) in [5, 5.41) is 3.37. The Hall–Kier alpha value is -1.29. The van der Waals surface area contributed by atoms with E-state index >= 15 is 0 Å². The molecule has 0 bridgehead atoms. The molecule has 0 saturated carbocycles. The molecule has 21 heavy (non-hydrogen) atoms. The maximum absolute atomic E-state index is 13.6. The second-order valence-corrected chi connectivity index (χ2v) is 5.70. The van der Waals surface area contributed by atoms with Crippen molar-refractivity contribution in [2.75, 3.05) is 37.7 Å². The van der Waals surface area contributed by atoms with Gasteiger partial charge in [-0.1, -0.05) is 26.7 Å². The van der Waals surface area contributed by atoms with Crippen LogP contribution in [0, 0.1) is 11.7 Å². The highest BCUT2D eigenvalue weighted by Gasteiger charge is 2.16. The van der Waals surface area contributed by atoms with Crippen molar-refractivity contribution >= 4 is 5.69 Å². The van der Waals surface area contributed by atoms with Crippen molar-refractivity contribution < 1.29 is 9.13 Å². The van der Waals surface area contributed by atoms with Gasteiger partial charge in [0.2, 0.25) is 0 Å². The first-order chi connectivity index (χ1) is 10.2. The summed E-state index contributed by atoms with van der Waals surface area (Å²) in [6.45, 7) is 8.87. The van der Waals surface area contributed by atoms with Crippen molar-refractivity contribution in [3.8, 4) is 5.75 Å². The van der Waals surface area contributed by atoms with E-state index in [9.17, 15) is 4.39 Å². The highest BCUT2D eigenvalue weighted by atomic mass is 19.1. The van der Waals surface area contributed by atoms with E-state index in [1.165, 1.54) is 6.07 Å². The van der Waals surface area contributed by atoms with Crippen LogP contribution in [0.3, 0.4) is 0 Å². The van der Waals surface area contributed by atoms with Gasteiger partial charge >= 0.3 is 0 Å². The van der Waals surface area contributed by atoms with Gasteiger partial charge in [0.05, 0.1) is 12.3 Å². The standard InChI is InChI=1S/C17H27FN2O/c1-3-14(4-2)13-21-17-7-6-15(18)12-16(17)20-10-5-8-19-9-11-20/h6-7,12,14,19H,3-5,8-11,13H2,1-2H3. The molecule has 0 aromatic heterocycles. The molecule has 1 fully saturated rings. The van der Waals surface area contributed by atoms with E-state index in [2.05, 4.69) is 24.1 Å². The molecule has 1 heterocycles. The van der Waals surface area contributed by atoms with Gasteiger partial charge in [0, 0.05) is 25.7 Å². The number of hydrogen-bond donors (Lipinski definition) is 1. The Labute approximate surface area is 127 Å². The van der Waals surface area contributed by atoms with Crippen LogP contribution < -0.4 is 15.0 Å². The lowest BCUT2D eigenvalue weighted by Crippen LogP contribution is -2.28. The first-order valence-electron chi connectivity index (χ1n) is 8.12. The summed E-state index contributed by atoms with van der Waals surface area (Å²) < 4.78 is 19.6. The van der Waals surface area contributed by atoms with Crippen molar-refractivity contribution in [1.82, 2.24) is 5.32 Å². The Morgan fingerprint density at radius 2 is 2.05 bits per heavy atom. The highest BCUT2D eigenvalue weighted by molar-refractivity contribution is 5.58. The van der Waals surface area contributed by atoms with Crippen molar-refractivity contribution in [3.63, 3.8) is 0 Å². The molecule has 0 amide bonds. The van der Waals surface area contributed by atoms with Crippen molar-refractivity contribution in [3.05, 3.63) is 24.0 Å². The fourth-order valence-corrected chi connectivity index (χ4v) is 2.68. The van der Waals surface area contributed by atoms with Gasteiger partial charge in [-0.15, -0.1) is 0 Å². The molecule has 1 N–H and O–H groups in total. The van der Waals surface area contributed by atoms with Gasteiger partial charge in [0.15, 0.2) is 0 Å². The van der Waals surface area contributed by atoms with Crippen LogP contribution in [0.25, 0.3) is 0 Å². The summed E-state index contributed by atoms with van der Waals surface area (Å²) in [5.74, 6) is 1.18. The van der Waals surface area contributed by atoms with Crippen LogP contribution in [0.4, 0.5) is 10.1 Å². The molecule has 1 aliphatic rings. The Morgan fingerprint density at radius 1 is 1.24 bits per heavy atom. The maximum atomic E-state index is 13.6. The van der Waals surface area contributed by atoms with E-state index in [1.807, 2.05) is 0 Å². The highest BCUT2D eigenvalue weighted by Crippen LogP contribution is 2.30. The number of ether oxygens (including phenoxy) is 1. The van der Waals surface area contributed by atoms with Crippen molar-refractivity contribution in [1.29, 1.82) is 0 Å². The third-order valence-corrected chi connectivity index (χ3v) is 4.23. The average Bonchev–Trinajstić information content (AvgIpc) is 2.78. The fraction of sp³-hybridized carbons (Fsp3) is 0.647. The van der Waals surface area contributed by atoms with E-state index in [0.717, 1.165) is 56.9 Å². The Bertz CT molecular complexity index is 427. The molecule has 0 aliphatic carbocycles. The minimum Gasteiger partial charge on any atom is -0.491 e. The van der Waals surface area contributed by atoms with Crippen LogP contribution >= 0.6 is 0 Å². The van der Waals surface area contributed by atoms with Gasteiger partial charge in [0.25, 0.3) is 0 Å². The summed E-state index contributed by atoms with van der Waals surface area (Å²) >= 11 is 0. The summed E-state index contributed by atoms with van der Waals surface area (Å²) in [4.78, 5) is 2.23. The van der Waals surface area contributed by atoms with E-state index in [0.29, 0.717) is 12.5 Å². The predicted molar refractivity (Wildman–Crippen MR) is 85.7 cm³/mol. The minimum atomic E-state index is -0.197. The normalized spacial score (nSPS) is 16.1. The number of benzene rings is 1. The zero-order chi connectivity index (χ0) is 15.1. The maximum Gasteiger partial charge on any atom is 0.142 e. The summed E-state index contributed by atoms with van der Waals surface area (Å²) in [5.41, 5.74) is 0.893. The van der Waals surface area contributed by atoms with Gasteiger partial charge in [-0.05, 0) is 31.0 Å². The van der Waals surface area contributed by atoms with Crippen LogP contribution in [0.15, 0.2) is 18.2 Å². The smallest absolute Gasteiger partial charge is 0.142 e. The largest absolute Gasteiger partial charge is 0.491 e. The average molecular weight is 294 g/mol. The van der Waals surface area contributed by atoms with Gasteiger partial charge in [0.1, 0.15) is 11.6 Å². The number of halogens is 1. The number of anilines is 1. The molecule has 1 aromatic rings. The minimum absolute atomic E-state index is 0.197. The summed E-state index contributed by atoms with van der Waals surface area (Å²) in [6, 6.07) is 4.86. The van der Waals surface area contributed by atoms with Gasteiger partial charge < -0.3 is 15.0 Å². The Morgan fingerprint density at radius 3 is 2.81 bits per heavy atom. The lowest BCUT2D eigenvalue weighted by Gasteiger charge is -2.25. The topological polar surface area (TPSA) is 24.5 Å². The molecule has 2 rings (SSSR count). The van der Waals surface area contributed by atoms with E-state index < -0.39 is 0 Å². The zero-order valence-corrected chi connectivity index (χ0v) is 13.2. The second kappa shape index (κ2) is 8.23. The second-order valence-electron chi connectivity index (χ2n) is 5.70. The summed E-state index contributed by atoms with van der Waals surface area (Å²) in [7, 11) is 0. The molecular weight excluding hydrogens is 267 g/mol. The molecule has 1 aromatic carbocycles. The van der Waals surface area contributed by atoms with E-state index in [1.54, 1.807) is 12.1 Å². The first-order valence-corrected chi connectivity index (χ1v) is 8.12. The number of hydrogen-bond acceptors (Lipinski definition) is 3. The van der Waals surface area contributed by atoms with Crippen LogP contribution in [-0.2, 0) is 0 Å². The fourth-order valence-electron chi connectivity index (χ4n) is 2.68. The summed E-state index contributed by atoms with van der Waals surface area (Å²) in [6.07, 6.45) is 3.30. The lowest BCUT2D eigenvalue weighted by atomic mass is 10.1. The quantitative estimate of drug-likeness (QED) is 0.870. The Balaban J connectivity index is 2.12. The van der Waals surface area contributed by atoms with Crippen molar-refractivity contribution in [2.24, 2.45) is 5.92 Å². The molecule has 0 unspecified atom stereocenters. The molecule has 3 nitrogen and oxygen atoms in total. The monoisotopic (exact) mass is 294 g/mol. The number of nitrogens with one attached hydrogen (secondary N) is 1. The molecule has 1 saturated heterocycles. The molecular formula is C17H27FN2O. The third-order valence-electron chi connectivity index (χ3n) is 4.23. The van der Waals surface area contributed by atoms with Crippen molar-refractivity contribution in [2.45, 2.75) is 33.1 Å². The Kier molecular flexibility index (Phi) is 6.30. The van der Waals surface area contributed by atoms with Gasteiger partial charge in [-0.3, -0.25) is 0 Å². The third kappa shape index (κ3) is 4.60. The number of nitrogens with zero attached hydrogens (tertiary/aromatic N) is 1. The van der Waals surface area contributed by atoms with E-state index in [-0.39, 0.29) is 5.82 Å². The SMILES string of the molecule is CCC(CC)COc1ccc(F)cc1N1CCCNCC1. The molecule has 0 spiro atoms. The van der Waals surface area contributed by atoms with Gasteiger partial charge in [-0.2, -0.15) is 0 Å². The number of rotatable bonds is 6.